The zero-order valence-electron chi connectivity index (χ0n) is 15.4. The van der Waals surface area contributed by atoms with Crippen LogP contribution in [0.15, 0.2) is 42.0 Å². The minimum Gasteiger partial charge on any atom is -0.355 e. The van der Waals surface area contributed by atoms with Crippen LogP contribution in [0.25, 0.3) is 20.4 Å². The molecule has 1 N–H and O–H groups in total. The van der Waals surface area contributed by atoms with E-state index in [0.717, 1.165) is 27.6 Å². The number of thiazole rings is 1. The predicted molar refractivity (Wildman–Crippen MR) is 118 cm³/mol. The van der Waals surface area contributed by atoms with Crippen molar-refractivity contribution in [2.75, 3.05) is 5.32 Å². The Balaban J connectivity index is 1.50. The summed E-state index contributed by atoms with van der Waals surface area (Å²) in [5, 5.41) is 4.84. The van der Waals surface area contributed by atoms with E-state index in [1.165, 1.54) is 47.1 Å². The fourth-order valence-electron chi connectivity index (χ4n) is 4.26. The Morgan fingerprint density at radius 3 is 2.93 bits per heavy atom. The average Bonchev–Trinajstić information content (AvgIpc) is 3.26. The van der Waals surface area contributed by atoms with Crippen LogP contribution in [0.4, 0.5) is 11.4 Å². The molecule has 138 valence electrons. The quantitative estimate of drug-likeness (QED) is 0.370. The van der Waals surface area contributed by atoms with Gasteiger partial charge in [0.15, 0.2) is 0 Å². The van der Waals surface area contributed by atoms with Crippen LogP contribution in [-0.2, 0) is 0 Å². The van der Waals surface area contributed by atoms with Crippen LogP contribution in [0.5, 0.6) is 0 Å². The minimum absolute atomic E-state index is 0.686. The molecule has 1 saturated carbocycles. The molecular weight excluding hydrogens is 370 g/mol. The average molecular weight is 394 g/mol. The highest BCUT2D eigenvalue weighted by molar-refractivity contribution is 7.18. The molecule has 3 nitrogen and oxygen atoms in total. The fraction of sp³-hybridized carbons (Fsp3) is 0.364. The highest BCUT2D eigenvalue weighted by Crippen LogP contribution is 2.42. The third-order valence-electron chi connectivity index (χ3n) is 5.79. The Morgan fingerprint density at radius 1 is 1.04 bits per heavy atom. The summed E-state index contributed by atoms with van der Waals surface area (Å²) in [5.41, 5.74) is 5.17. The Hall–Kier alpha value is -1.98. The molecule has 0 saturated heterocycles. The number of thiophene rings is 1. The number of fused-ring (bicyclic) bond motifs is 2. The molecule has 0 unspecified atom stereocenters. The van der Waals surface area contributed by atoms with Gasteiger partial charge < -0.3 is 5.32 Å². The zero-order valence-corrected chi connectivity index (χ0v) is 17.1. The lowest BCUT2D eigenvalue weighted by Crippen LogP contribution is -2.06. The van der Waals surface area contributed by atoms with E-state index in [1.54, 1.807) is 11.3 Å². The van der Waals surface area contributed by atoms with Crippen LogP contribution >= 0.6 is 22.7 Å². The van der Waals surface area contributed by atoms with Crippen molar-refractivity contribution in [3.05, 3.63) is 46.9 Å². The van der Waals surface area contributed by atoms with Crippen molar-refractivity contribution in [2.24, 2.45) is 5.92 Å². The van der Waals surface area contributed by atoms with Crippen LogP contribution in [0, 0.1) is 5.92 Å². The largest absolute Gasteiger partial charge is 0.355 e. The van der Waals surface area contributed by atoms with Crippen molar-refractivity contribution in [1.82, 2.24) is 9.97 Å². The topological polar surface area (TPSA) is 37.8 Å². The first-order chi connectivity index (χ1) is 13.3. The molecule has 3 heterocycles. The van der Waals surface area contributed by atoms with Crippen molar-refractivity contribution in [1.29, 1.82) is 0 Å². The third-order valence-corrected chi connectivity index (χ3v) is 7.78. The van der Waals surface area contributed by atoms with Gasteiger partial charge >= 0.3 is 0 Å². The van der Waals surface area contributed by atoms with Gasteiger partial charge in [0.05, 0.1) is 21.4 Å². The second-order valence-corrected chi connectivity index (χ2v) is 9.56. The number of hydrogen-bond acceptors (Lipinski definition) is 5. The lowest BCUT2D eigenvalue weighted by molar-refractivity contribution is 0.440. The molecule has 0 amide bonds. The molecule has 0 radical (unpaired) electrons. The van der Waals surface area contributed by atoms with E-state index in [4.69, 9.17) is 0 Å². The molecule has 1 aromatic carbocycles. The van der Waals surface area contributed by atoms with E-state index in [0.29, 0.717) is 5.92 Å². The Kier molecular flexibility index (Phi) is 4.58. The van der Waals surface area contributed by atoms with Gasteiger partial charge in [-0.2, -0.15) is 0 Å². The highest BCUT2D eigenvalue weighted by atomic mass is 32.1. The number of benzene rings is 1. The minimum atomic E-state index is 0.686. The van der Waals surface area contributed by atoms with E-state index < -0.39 is 0 Å². The molecule has 0 spiro atoms. The van der Waals surface area contributed by atoms with E-state index in [2.05, 4.69) is 52.5 Å². The summed E-state index contributed by atoms with van der Waals surface area (Å²) in [5.74, 6) is 1.45. The van der Waals surface area contributed by atoms with Gasteiger partial charge in [-0.25, -0.2) is 9.97 Å². The first-order valence-corrected chi connectivity index (χ1v) is 11.5. The van der Waals surface area contributed by atoms with Crippen LogP contribution in [0.1, 0.15) is 49.8 Å². The number of rotatable bonds is 3. The smallest absolute Gasteiger partial charge is 0.125 e. The number of anilines is 2. The van der Waals surface area contributed by atoms with Gasteiger partial charge in [-0.1, -0.05) is 32.6 Å². The Labute approximate surface area is 167 Å². The van der Waals surface area contributed by atoms with Crippen molar-refractivity contribution in [3.63, 3.8) is 0 Å². The van der Waals surface area contributed by atoms with E-state index >= 15 is 0 Å². The maximum atomic E-state index is 4.66. The lowest BCUT2D eigenvalue weighted by Gasteiger charge is -2.19. The standard InChI is InChI=1S/C22H23N3S2/c1-14-5-3-2-4-6-16(14)21-12-17-18(9-10-23-22(17)27-21)25-15-7-8-20-19(11-15)24-13-26-20/h7-14,16H,2-6H2,1H3,(H,23,25)/t14-,16-/m1/s1. The SMILES string of the molecule is C[C@@H]1CCCCC[C@H]1c1cc2c(Nc3ccc4scnc4c3)ccnc2s1. The first-order valence-electron chi connectivity index (χ1n) is 9.76. The molecule has 27 heavy (non-hydrogen) atoms. The number of nitrogens with zero attached hydrogens (tertiary/aromatic N) is 2. The third kappa shape index (κ3) is 3.34. The zero-order chi connectivity index (χ0) is 18.2. The number of aromatic nitrogens is 2. The molecule has 2 atom stereocenters. The van der Waals surface area contributed by atoms with Crippen LogP contribution < -0.4 is 5.32 Å². The molecule has 1 aliphatic carbocycles. The molecule has 0 aliphatic heterocycles. The van der Waals surface area contributed by atoms with Gasteiger partial charge in [-0.3, -0.25) is 0 Å². The van der Waals surface area contributed by atoms with Crippen molar-refractivity contribution in [3.8, 4) is 0 Å². The van der Waals surface area contributed by atoms with Gasteiger partial charge in [-0.05, 0) is 48.6 Å². The second kappa shape index (κ2) is 7.21. The van der Waals surface area contributed by atoms with E-state index in [9.17, 15) is 0 Å². The summed E-state index contributed by atoms with van der Waals surface area (Å²) in [6.45, 7) is 2.43. The number of nitrogens with one attached hydrogen (secondary N) is 1. The molecule has 0 bridgehead atoms. The maximum Gasteiger partial charge on any atom is 0.125 e. The van der Waals surface area contributed by atoms with Gasteiger partial charge in [0.2, 0.25) is 0 Å². The highest BCUT2D eigenvalue weighted by Gasteiger charge is 2.24. The number of hydrogen-bond donors (Lipinski definition) is 1. The predicted octanol–water partition coefficient (Wildman–Crippen LogP) is 7.33. The summed E-state index contributed by atoms with van der Waals surface area (Å²) in [6.07, 6.45) is 8.71. The van der Waals surface area contributed by atoms with Crippen LogP contribution in [0.3, 0.4) is 0 Å². The van der Waals surface area contributed by atoms with Gasteiger partial charge in [0, 0.05) is 22.1 Å². The van der Waals surface area contributed by atoms with Crippen LogP contribution in [0.2, 0.25) is 0 Å². The molecule has 5 heteroatoms. The Bertz CT molecular complexity index is 1080. The van der Waals surface area contributed by atoms with Crippen molar-refractivity contribution < 1.29 is 0 Å². The summed E-state index contributed by atoms with van der Waals surface area (Å²) in [7, 11) is 0. The molecular formula is C22H23N3S2. The van der Waals surface area contributed by atoms with Crippen molar-refractivity contribution in [2.45, 2.75) is 44.9 Å². The molecule has 5 rings (SSSR count). The summed E-state index contributed by atoms with van der Waals surface area (Å²) >= 11 is 3.56. The fourth-order valence-corrected chi connectivity index (χ4v) is 6.21. The van der Waals surface area contributed by atoms with E-state index in [1.807, 2.05) is 23.0 Å². The van der Waals surface area contributed by atoms with Crippen LogP contribution in [-0.4, -0.2) is 9.97 Å². The molecule has 1 aliphatic rings. The summed E-state index contributed by atoms with van der Waals surface area (Å²) in [4.78, 5) is 11.7. The molecule has 4 aromatic rings. The summed E-state index contributed by atoms with van der Waals surface area (Å²) in [6, 6.07) is 10.9. The second-order valence-electron chi connectivity index (χ2n) is 7.61. The summed E-state index contributed by atoms with van der Waals surface area (Å²) < 4.78 is 1.22. The maximum absolute atomic E-state index is 4.66. The monoisotopic (exact) mass is 393 g/mol. The Morgan fingerprint density at radius 2 is 1.96 bits per heavy atom. The van der Waals surface area contributed by atoms with Gasteiger partial charge in [0.1, 0.15) is 4.83 Å². The lowest BCUT2D eigenvalue weighted by atomic mass is 9.88. The number of pyridine rings is 1. The molecule has 1 fully saturated rings. The van der Waals surface area contributed by atoms with Crippen molar-refractivity contribution >= 4 is 54.5 Å². The first kappa shape index (κ1) is 17.1. The van der Waals surface area contributed by atoms with Gasteiger partial charge in [-0.15, -0.1) is 22.7 Å². The van der Waals surface area contributed by atoms with Gasteiger partial charge in [0.25, 0.3) is 0 Å². The van der Waals surface area contributed by atoms with E-state index in [-0.39, 0.29) is 0 Å². The molecule has 3 aromatic heterocycles. The normalized spacial score (nSPS) is 20.8.